The van der Waals surface area contributed by atoms with Gasteiger partial charge in [0.1, 0.15) is 5.69 Å². The van der Waals surface area contributed by atoms with Gasteiger partial charge in [-0.05, 0) is 31.4 Å². The van der Waals surface area contributed by atoms with E-state index in [1.807, 2.05) is 56.3 Å². The zero-order valence-corrected chi connectivity index (χ0v) is 12.3. The number of benzene rings is 1. The van der Waals surface area contributed by atoms with Gasteiger partial charge in [-0.3, -0.25) is 9.59 Å². The van der Waals surface area contributed by atoms with Crippen molar-refractivity contribution in [3.05, 3.63) is 64.1 Å². The third-order valence-electron chi connectivity index (χ3n) is 3.49. The van der Waals surface area contributed by atoms with E-state index in [0.29, 0.717) is 12.1 Å². The third kappa shape index (κ3) is 3.81. The average molecular weight is 284 g/mol. The van der Waals surface area contributed by atoms with Gasteiger partial charge in [0.25, 0.3) is 5.56 Å². The number of amides is 1. The largest absolute Gasteiger partial charge is 0.325 e. The number of carbonyl (C=O) groups excluding carboxylic acids is 1. The van der Waals surface area contributed by atoms with Crippen molar-refractivity contribution in [3.8, 4) is 0 Å². The number of aromatic amines is 1. The summed E-state index contributed by atoms with van der Waals surface area (Å²) in [5.41, 5.74) is 2.01. The van der Waals surface area contributed by atoms with E-state index in [0.717, 1.165) is 17.7 Å². The molecule has 1 aliphatic rings. The Morgan fingerprint density at radius 1 is 1.10 bits per heavy atom. The number of hydrogen-bond acceptors (Lipinski definition) is 2. The van der Waals surface area contributed by atoms with Crippen LogP contribution in [0.25, 0.3) is 0 Å². The standard InChI is InChI=1S/C11H14N2O2.C6H6/c1-3-7-5-8-4-6(2)12-11(15)9(8)13-10(7)14;1-2-4-6-5-3-1/h4,7H,3,5H2,1-2H3,(H,12,15)(H,13,14);1-6H. The highest BCUT2D eigenvalue weighted by molar-refractivity contribution is 5.95. The first-order valence-corrected chi connectivity index (χ1v) is 7.15. The molecule has 110 valence electrons. The number of aromatic nitrogens is 1. The van der Waals surface area contributed by atoms with Crippen molar-refractivity contribution in [2.45, 2.75) is 26.7 Å². The maximum Gasteiger partial charge on any atom is 0.272 e. The van der Waals surface area contributed by atoms with E-state index in [1.54, 1.807) is 0 Å². The fourth-order valence-electron chi connectivity index (χ4n) is 2.35. The number of carbonyl (C=O) groups is 1. The molecule has 0 fully saturated rings. The maximum absolute atomic E-state index is 11.6. The smallest absolute Gasteiger partial charge is 0.272 e. The van der Waals surface area contributed by atoms with Crippen LogP contribution in [0.15, 0.2) is 47.3 Å². The van der Waals surface area contributed by atoms with Crippen molar-refractivity contribution in [1.29, 1.82) is 0 Å². The summed E-state index contributed by atoms with van der Waals surface area (Å²) in [6.07, 6.45) is 1.47. The summed E-state index contributed by atoms with van der Waals surface area (Å²) >= 11 is 0. The van der Waals surface area contributed by atoms with Gasteiger partial charge in [0, 0.05) is 11.6 Å². The van der Waals surface area contributed by atoms with Crippen LogP contribution in [0.4, 0.5) is 5.69 Å². The molecule has 4 nitrogen and oxygen atoms in total. The van der Waals surface area contributed by atoms with Gasteiger partial charge < -0.3 is 10.3 Å². The molecule has 3 rings (SSSR count). The molecule has 4 heteroatoms. The highest BCUT2D eigenvalue weighted by Gasteiger charge is 2.26. The number of fused-ring (bicyclic) bond motifs is 1. The van der Waals surface area contributed by atoms with E-state index >= 15 is 0 Å². The minimum absolute atomic E-state index is 0.00120. The number of aryl methyl sites for hydroxylation is 1. The Balaban J connectivity index is 0.000000225. The molecular formula is C17H20N2O2. The zero-order valence-electron chi connectivity index (χ0n) is 12.3. The second-order valence-corrected chi connectivity index (χ2v) is 5.13. The fourth-order valence-corrected chi connectivity index (χ4v) is 2.35. The Bertz CT molecular complexity index is 636. The molecule has 2 aromatic rings. The Labute approximate surface area is 124 Å². The first-order chi connectivity index (χ1) is 10.1. The van der Waals surface area contributed by atoms with Crippen molar-refractivity contribution < 1.29 is 4.79 Å². The van der Waals surface area contributed by atoms with Crippen molar-refractivity contribution in [3.63, 3.8) is 0 Å². The minimum atomic E-state index is -0.201. The van der Waals surface area contributed by atoms with Gasteiger partial charge in [-0.25, -0.2) is 0 Å². The van der Waals surface area contributed by atoms with Crippen LogP contribution in [0.5, 0.6) is 0 Å². The van der Waals surface area contributed by atoms with Gasteiger partial charge in [0.05, 0.1) is 0 Å². The monoisotopic (exact) mass is 284 g/mol. The molecule has 0 spiro atoms. The van der Waals surface area contributed by atoms with Crippen LogP contribution in [0.1, 0.15) is 24.6 Å². The Morgan fingerprint density at radius 3 is 2.19 bits per heavy atom. The fraction of sp³-hybridized carbons (Fsp3) is 0.294. The SMILES string of the molecule is CCC1Cc2cc(C)[nH]c(=O)c2NC1=O.c1ccccc1. The molecule has 0 aliphatic carbocycles. The van der Waals surface area contributed by atoms with Gasteiger partial charge in [-0.15, -0.1) is 0 Å². The van der Waals surface area contributed by atoms with Crippen LogP contribution in [0, 0.1) is 12.8 Å². The van der Waals surface area contributed by atoms with Crippen molar-refractivity contribution in [1.82, 2.24) is 4.98 Å². The molecule has 1 unspecified atom stereocenters. The molecule has 1 aromatic heterocycles. The van der Waals surface area contributed by atoms with Crippen LogP contribution >= 0.6 is 0 Å². The molecule has 1 atom stereocenters. The summed E-state index contributed by atoms with van der Waals surface area (Å²) in [4.78, 5) is 25.8. The second-order valence-electron chi connectivity index (χ2n) is 5.13. The second kappa shape index (κ2) is 6.88. The summed E-state index contributed by atoms with van der Waals surface area (Å²) in [6.45, 7) is 3.83. The number of H-pyrrole nitrogens is 1. The maximum atomic E-state index is 11.6. The summed E-state index contributed by atoms with van der Waals surface area (Å²) in [6, 6.07) is 13.9. The molecule has 0 radical (unpaired) electrons. The average Bonchev–Trinajstić information content (AvgIpc) is 2.50. The van der Waals surface area contributed by atoms with E-state index in [1.165, 1.54) is 0 Å². The van der Waals surface area contributed by atoms with Crippen molar-refractivity contribution in [2.75, 3.05) is 5.32 Å². The lowest BCUT2D eigenvalue weighted by atomic mass is 9.92. The quantitative estimate of drug-likeness (QED) is 0.846. The first kappa shape index (κ1) is 15.0. The number of nitrogens with one attached hydrogen (secondary N) is 2. The van der Waals surface area contributed by atoms with Gasteiger partial charge in [-0.2, -0.15) is 0 Å². The summed E-state index contributed by atoms with van der Waals surface area (Å²) in [5.74, 6) is -0.0435. The number of hydrogen-bond donors (Lipinski definition) is 2. The van der Waals surface area contributed by atoms with Crippen LogP contribution in [-0.4, -0.2) is 10.9 Å². The molecule has 0 saturated carbocycles. The Hall–Kier alpha value is -2.36. The lowest BCUT2D eigenvalue weighted by Crippen LogP contribution is -2.33. The van der Waals surface area contributed by atoms with Crippen LogP contribution < -0.4 is 10.9 Å². The van der Waals surface area contributed by atoms with E-state index in [9.17, 15) is 9.59 Å². The first-order valence-electron chi connectivity index (χ1n) is 7.15. The lowest BCUT2D eigenvalue weighted by molar-refractivity contribution is -0.120. The van der Waals surface area contributed by atoms with Crippen molar-refractivity contribution >= 4 is 11.6 Å². The van der Waals surface area contributed by atoms with Gasteiger partial charge >= 0.3 is 0 Å². The molecule has 1 amide bonds. The number of anilines is 1. The molecule has 21 heavy (non-hydrogen) atoms. The van der Waals surface area contributed by atoms with Crippen LogP contribution in [0.3, 0.4) is 0 Å². The van der Waals surface area contributed by atoms with Crippen LogP contribution in [-0.2, 0) is 11.2 Å². The van der Waals surface area contributed by atoms with Gasteiger partial charge in [0.15, 0.2) is 0 Å². The topological polar surface area (TPSA) is 62.0 Å². The molecule has 2 heterocycles. The predicted molar refractivity (Wildman–Crippen MR) is 84.4 cm³/mol. The van der Waals surface area contributed by atoms with Crippen molar-refractivity contribution in [2.24, 2.45) is 5.92 Å². The molecular weight excluding hydrogens is 264 g/mol. The highest BCUT2D eigenvalue weighted by atomic mass is 16.2. The third-order valence-corrected chi connectivity index (χ3v) is 3.49. The predicted octanol–water partition coefficient (Wildman–Crippen LogP) is 2.89. The molecule has 2 N–H and O–H groups in total. The summed E-state index contributed by atoms with van der Waals surface area (Å²) in [5, 5.41) is 2.67. The lowest BCUT2D eigenvalue weighted by Gasteiger charge is -2.23. The van der Waals surface area contributed by atoms with E-state index in [-0.39, 0.29) is 17.4 Å². The van der Waals surface area contributed by atoms with E-state index in [2.05, 4.69) is 10.3 Å². The number of rotatable bonds is 1. The van der Waals surface area contributed by atoms with E-state index in [4.69, 9.17) is 0 Å². The summed E-state index contributed by atoms with van der Waals surface area (Å²) < 4.78 is 0. The van der Waals surface area contributed by atoms with Gasteiger partial charge in [0.2, 0.25) is 5.91 Å². The Kier molecular flexibility index (Phi) is 4.93. The van der Waals surface area contributed by atoms with Gasteiger partial charge in [-0.1, -0.05) is 43.3 Å². The minimum Gasteiger partial charge on any atom is -0.325 e. The zero-order chi connectivity index (χ0) is 15.2. The Morgan fingerprint density at radius 2 is 1.67 bits per heavy atom. The highest BCUT2D eigenvalue weighted by Crippen LogP contribution is 2.24. The molecule has 1 aromatic carbocycles. The van der Waals surface area contributed by atoms with E-state index < -0.39 is 0 Å². The molecule has 0 saturated heterocycles. The number of pyridine rings is 1. The van der Waals surface area contributed by atoms with Crippen LogP contribution in [0.2, 0.25) is 0 Å². The normalized spacial score (nSPS) is 16.3. The molecule has 0 bridgehead atoms. The molecule has 1 aliphatic heterocycles. The summed E-state index contributed by atoms with van der Waals surface area (Å²) in [7, 11) is 0.